The number of carbonyl (C=O) groups is 2. The highest BCUT2D eigenvalue weighted by atomic mass is 16.2. The average molecular weight is 373 g/mol. The van der Waals surface area contributed by atoms with E-state index in [1.807, 2.05) is 64.1 Å². The minimum atomic E-state index is -0.355. The van der Waals surface area contributed by atoms with Crippen molar-refractivity contribution < 1.29 is 9.59 Å². The second-order valence-corrected chi connectivity index (χ2v) is 6.98. The topological polar surface area (TPSA) is 71.1 Å². The first kappa shape index (κ1) is 19.3. The Morgan fingerprint density at radius 3 is 2.07 bits per heavy atom. The molecule has 142 valence electrons. The Bertz CT molecular complexity index is 1020. The van der Waals surface area contributed by atoms with Crippen molar-refractivity contribution in [3.8, 4) is 0 Å². The van der Waals surface area contributed by atoms with Crippen LogP contribution in [-0.2, 0) is 0 Å². The number of nitrogens with zero attached hydrogens (tertiary/aromatic N) is 1. The van der Waals surface area contributed by atoms with Gasteiger partial charge in [-0.3, -0.25) is 14.6 Å². The lowest BCUT2D eigenvalue weighted by Crippen LogP contribution is -2.17. The van der Waals surface area contributed by atoms with Gasteiger partial charge in [-0.15, -0.1) is 0 Å². The first-order valence-corrected chi connectivity index (χ1v) is 9.07. The smallest absolute Gasteiger partial charge is 0.274 e. The van der Waals surface area contributed by atoms with Crippen molar-refractivity contribution in [2.75, 3.05) is 10.6 Å². The molecule has 2 amide bonds. The van der Waals surface area contributed by atoms with Crippen LogP contribution in [0, 0.1) is 27.7 Å². The SMILES string of the molecule is Cc1cc(C)cc(NC(=O)c2cc(C(=O)Nc3c(C)cccc3C)ccn2)c1. The van der Waals surface area contributed by atoms with Crippen molar-refractivity contribution in [1.29, 1.82) is 0 Å². The molecule has 2 aromatic carbocycles. The fourth-order valence-electron chi connectivity index (χ4n) is 3.14. The fourth-order valence-corrected chi connectivity index (χ4v) is 3.14. The molecule has 0 radical (unpaired) electrons. The second-order valence-electron chi connectivity index (χ2n) is 6.98. The van der Waals surface area contributed by atoms with E-state index in [2.05, 4.69) is 15.6 Å². The molecule has 5 heteroatoms. The first-order chi connectivity index (χ1) is 13.3. The summed E-state index contributed by atoms with van der Waals surface area (Å²) in [4.78, 5) is 29.4. The van der Waals surface area contributed by atoms with Gasteiger partial charge in [0, 0.05) is 23.1 Å². The molecule has 0 saturated heterocycles. The van der Waals surface area contributed by atoms with Gasteiger partial charge in [0.2, 0.25) is 0 Å². The molecule has 1 heterocycles. The van der Waals surface area contributed by atoms with Crippen LogP contribution < -0.4 is 10.6 Å². The van der Waals surface area contributed by atoms with E-state index in [-0.39, 0.29) is 17.5 Å². The Balaban J connectivity index is 1.79. The summed E-state index contributed by atoms with van der Waals surface area (Å²) in [6.45, 7) is 7.83. The van der Waals surface area contributed by atoms with Crippen LogP contribution in [0.4, 0.5) is 11.4 Å². The molecule has 0 saturated carbocycles. The zero-order valence-corrected chi connectivity index (χ0v) is 16.5. The maximum Gasteiger partial charge on any atom is 0.274 e. The van der Waals surface area contributed by atoms with E-state index in [9.17, 15) is 9.59 Å². The third kappa shape index (κ3) is 4.43. The summed E-state index contributed by atoms with van der Waals surface area (Å²) >= 11 is 0. The number of aryl methyl sites for hydroxylation is 4. The zero-order valence-electron chi connectivity index (χ0n) is 16.5. The molecular formula is C23H23N3O2. The van der Waals surface area contributed by atoms with Crippen molar-refractivity contribution in [2.24, 2.45) is 0 Å². The Hall–Kier alpha value is -3.47. The van der Waals surface area contributed by atoms with E-state index in [1.54, 1.807) is 6.07 Å². The predicted octanol–water partition coefficient (Wildman–Crippen LogP) is 4.82. The predicted molar refractivity (Wildman–Crippen MR) is 112 cm³/mol. The van der Waals surface area contributed by atoms with Gasteiger partial charge in [-0.1, -0.05) is 24.3 Å². The Labute approximate surface area is 164 Å². The number of hydrogen-bond acceptors (Lipinski definition) is 3. The summed E-state index contributed by atoms with van der Waals surface area (Å²) in [5.41, 5.74) is 6.14. The molecule has 0 aliphatic heterocycles. The third-order valence-electron chi connectivity index (χ3n) is 4.45. The van der Waals surface area contributed by atoms with Crippen LogP contribution in [0.1, 0.15) is 43.1 Å². The van der Waals surface area contributed by atoms with Gasteiger partial charge in [0.15, 0.2) is 0 Å². The van der Waals surface area contributed by atoms with E-state index >= 15 is 0 Å². The summed E-state index contributed by atoms with van der Waals surface area (Å²) in [6.07, 6.45) is 1.47. The summed E-state index contributed by atoms with van der Waals surface area (Å²) in [6, 6.07) is 14.7. The maximum atomic E-state index is 12.7. The van der Waals surface area contributed by atoms with Gasteiger partial charge >= 0.3 is 0 Å². The van der Waals surface area contributed by atoms with Crippen LogP contribution in [0.5, 0.6) is 0 Å². The molecule has 3 aromatic rings. The quantitative estimate of drug-likeness (QED) is 0.689. The molecule has 3 rings (SSSR count). The van der Waals surface area contributed by atoms with Gasteiger partial charge in [0.25, 0.3) is 11.8 Å². The van der Waals surface area contributed by atoms with Gasteiger partial charge < -0.3 is 10.6 Å². The minimum Gasteiger partial charge on any atom is -0.322 e. The molecule has 5 nitrogen and oxygen atoms in total. The number of benzene rings is 2. The zero-order chi connectivity index (χ0) is 20.3. The molecule has 0 fully saturated rings. The van der Waals surface area contributed by atoms with Gasteiger partial charge in [-0.25, -0.2) is 0 Å². The van der Waals surface area contributed by atoms with Gasteiger partial charge in [-0.05, 0) is 74.2 Å². The first-order valence-electron chi connectivity index (χ1n) is 9.07. The van der Waals surface area contributed by atoms with Crippen LogP contribution in [0.2, 0.25) is 0 Å². The number of carbonyl (C=O) groups excluding carboxylic acids is 2. The normalized spacial score (nSPS) is 10.4. The highest BCUT2D eigenvalue weighted by Gasteiger charge is 2.14. The van der Waals surface area contributed by atoms with Gasteiger partial charge in [-0.2, -0.15) is 0 Å². The summed E-state index contributed by atoms with van der Waals surface area (Å²) in [7, 11) is 0. The number of aromatic nitrogens is 1. The number of anilines is 2. The standard InChI is InChI=1S/C23H23N3O2/c1-14-10-15(2)12-19(11-14)25-23(28)20-13-18(8-9-24-20)22(27)26-21-16(3)6-5-7-17(21)4/h5-13H,1-4H3,(H,25,28)(H,26,27). The second kappa shape index (κ2) is 8.05. The number of pyridine rings is 1. The largest absolute Gasteiger partial charge is 0.322 e. The minimum absolute atomic E-state index is 0.188. The number of para-hydroxylation sites is 1. The van der Waals surface area contributed by atoms with E-state index in [4.69, 9.17) is 0 Å². The summed E-state index contributed by atoms with van der Waals surface area (Å²) in [5, 5.41) is 5.77. The molecule has 0 aliphatic carbocycles. The Morgan fingerprint density at radius 1 is 0.786 bits per heavy atom. The van der Waals surface area contributed by atoms with Crippen molar-refractivity contribution in [3.63, 3.8) is 0 Å². The molecule has 28 heavy (non-hydrogen) atoms. The molecule has 0 spiro atoms. The van der Waals surface area contributed by atoms with Crippen LogP contribution in [0.25, 0.3) is 0 Å². The molecular weight excluding hydrogens is 350 g/mol. The molecule has 0 atom stereocenters. The number of rotatable bonds is 4. The van der Waals surface area contributed by atoms with E-state index in [0.29, 0.717) is 11.3 Å². The fraction of sp³-hybridized carbons (Fsp3) is 0.174. The summed E-state index contributed by atoms with van der Waals surface area (Å²) < 4.78 is 0. The molecule has 2 N–H and O–H groups in total. The maximum absolute atomic E-state index is 12.7. The highest BCUT2D eigenvalue weighted by Crippen LogP contribution is 2.20. The Morgan fingerprint density at radius 2 is 1.43 bits per heavy atom. The lowest BCUT2D eigenvalue weighted by atomic mass is 10.1. The van der Waals surface area contributed by atoms with E-state index < -0.39 is 0 Å². The van der Waals surface area contributed by atoms with Crippen molar-refractivity contribution in [3.05, 3.63) is 88.2 Å². The lowest BCUT2D eigenvalue weighted by Gasteiger charge is -2.12. The lowest BCUT2D eigenvalue weighted by molar-refractivity contribution is 0.102. The van der Waals surface area contributed by atoms with Gasteiger partial charge in [0.1, 0.15) is 5.69 Å². The van der Waals surface area contributed by atoms with Crippen molar-refractivity contribution in [1.82, 2.24) is 4.98 Å². The average Bonchev–Trinajstić information content (AvgIpc) is 2.64. The van der Waals surface area contributed by atoms with Crippen molar-refractivity contribution >= 4 is 23.2 Å². The molecule has 1 aromatic heterocycles. The number of nitrogens with one attached hydrogen (secondary N) is 2. The van der Waals surface area contributed by atoms with Crippen molar-refractivity contribution in [2.45, 2.75) is 27.7 Å². The van der Waals surface area contributed by atoms with Crippen LogP contribution in [-0.4, -0.2) is 16.8 Å². The number of hydrogen-bond donors (Lipinski definition) is 2. The van der Waals surface area contributed by atoms with Gasteiger partial charge in [0.05, 0.1) is 0 Å². The molecule has 0 aliphatic rings. The third-order valence-corrected chi connectivity index (χ3v) is 4.45. The highest BCUT2D eigenvalue weighted by molar-refractivity contribution is 6.08. The monoisotopic (exact) mass is 373 g/mol. The van der Waals surface area contributed by atoms with E-state index in [0.717, 1.165) is 27.9 Å². The Kier molecular flexibility index (Phi) is 5.54. The van der Waals surface area contributed by atoms with Crippen LogP contribution in [0.15, 0.2) is 54.7 Å². The molecule has 0 unspecified atom stereocenters. The van der Waals surface area contributed by atoms with Crippen LogP contribution in [0.3, 0.4) is 0 Å². The van der Waals surface area contributed by atoms with Crippen LogP contribution >= 0.6 is 0 Å². The van der Waals surface area contributed by atoms with E-state index in [1.165, 1.54) is 12.3 Å². The molecule has 0 bridgehead atoms. The summed E-state index contributed by atoms with van der Waals surface area (Å²) in [5.74, 6) is -0.632. The number of amides is 2.